The summed E-state index contributed by atoms with van der Waals surface area (Å²) in [5.41, 5.74) is 4.76. The van der Waals surface area contributed by atoms with Crippen molar-refractivity contribution < 1.29 is 0 Å². The second-order valence-electron chi connectivity index (χ2n) is 4.54. The molecule has 3 heteroatoms. The van der Waals surface area contributed by atoms with Gasteiger partial charge in [0.05, 0.1) is 12.3 Å². The molecule has 19 heavy (non-hydrogen) atoms. The van der Waals surface area contributed by atoms with E-state index in [1.165, 1.54) is 21.8 Å². The van der Waals surface area contributed by atoms with E-state index in [1.54, 1.807) is 11.3 Å². The second-order valence-corrected chi connectivity index (χ2v) is 5.43. The van der Waals surface area contributed by atoms with Gasteiger partial charge in [0, 0.05) is 23.0 Å². The topological polar surface area (TPSA) is 17.3 Å². The van der Waals surface area contributed by atoms with E-state index in [4.69, 9.17) is 4.99 Å². The number of benzene rings is 1. The third-order valence-electron chi connectivity index (χ3n) is 3.40. The standard InChI is InChI=1S/C16H12N2S/c1-2-5-12(6-3-1)15-14-8-10-19-16(14)18-9-4-7-13(18)11-17-15/h1-10H,11H2. The highest BCUT2D eigenvalue weighted by Crippen LogP contribution is 2.29. The van der Waals surface area contributed by atoms with Gasteiger partial charge in [-0.25, -0.2) is 0 Å². The van der Waals surface area contributed by atoms with Crippen LogP contribution in [-0.4, -0.2) is 10.3 Å². The maximum atomic E-state index is 4.82. The molecule has 0 saturated carbocycles. The van der Waals surface area contributed by atoms with Crippen molar-refractivity contribution in [3.63, 3.8) is 0 Å². The Morgan fingerprint density at radius 3 is 2.79 bits per heavy atom. The van der Waals surface area contributed by atoms with Gasteiger partial charge in [-0.15, -0.1) is 11.3 Å². The molecule has 0 N–H and O–H groups in total. The van der Waals surface area contributed by atoms with Crippen LogP contribution >= 0.6 is 11.3 Å². The third-order valence-corrected chi connectivity index (χ3v) is 4.31. The molecule has 0 saturated heterocycles. The van der Waals surface area contributed by atoms with Gasteiger partial charge in [0.2, 0.25) is 0 Å². The lowest BCUT2D eigenvalue weighted by Gasteiger charge is -2.06. The molecule has 92 valence electrons. The molecule has 0 bridgehead atoms. The summed E-state index contributed by atoms with van der Waals surface area (Å²) < 4.78 is 2.25. The minimum atomic E-state index is 0.735. The molecule has 2 nitrogen and oxygen atoms in total. The van der Waals surface area contributed by atoms with Crippen LogP contribution in [0.25, 0.3) is 5.00 Å². The number of fused-ring (bicyclic) bond motifs is 3. The highest BCUT2D eigenvalue weighted by molar-refractivity contribution is 7.13. The van der Waals surface area contributed by atoms with Gasteiger partial charge in [0.1, 0.15) is 5.00 Å². The van der Waals surface area contributed by atoms with Crippen LogP contribution in [-0.2, 0) is 6.54 Å². The number of hydrogen-bond donors (Lipinski definition) is 0. The summed E-state index contributed by atoms with van der Waals surface area (Å²) in [5.74, 6) is 0. The number of rotatable bonds is 1. The van der Waals surface area contributed by atoms with Crippen molar-refractivity contribution in [1.82, 2.24) is 4.57 Å². The Morgan fingerprint density at radius 1 is 1.00 bits per heavy atom. The van der Waals surface area contributed by atoms with E-state index >= 15 is 0 Å². The Hall–Kier alpha value is -2.13. The molecular formula is C16H12N2S. The van der Waals surface area contributed by atoms with Crippen molar-refractivity contribution in [3.8, 4) is 5.00 Å². The predicted octanol–water partition coefficient (Wildman–Crippen LogP) is 3.89. The summed E-state index contributed by atoms with van der Waals surface area (Å²) in [7, 11) is 0. The SMILES string of the molecule is c1ccc(C2=NCc3cccn3-c3sccc32)cc1. The highest BCUT2D eigenvalue weighted by atomic mass is 32.1. The molecule has 0 radical (unpaired) electrons. The van der Waals surface area contributed by atoms with E-state index in [0.717, 1.165) is 12.3 Å². The van der Waals surface area contributed by atoms with Crippen LogP contribution in [0.1, 0.15) is 16.8 Å². The van der Waals surface area contributed by atoms with Gasteiger partial charge in [-0.3, -0.25) is 4.99 Å². The number of aromatic nitrogens is 1. The van der Waals surface area contributed by atoms with Gasteiger partial charge in [-0.05, 0) is 23.6 Å². The van der Waals surface area contributed by atoms with Crippen molar-refractivity contribution >= 4 is 17.0 Å². The van der Waals surface area contributed by atoms with E-state index in [2.05, 4.69) is 58.6 Å². The number of aliphatic imine (C=N–C) groups is 1. The fraction of sp³-hybridized carbons (Fsp3) is 0.0625. The Balaban J connectivity index is 1.95. The first-order valence-corrected chi connectivity index (χ1v) is 7.16. The summed E-state index contributed by atoms with van der Waals surface area (Å²) in [5, 5.41) is 3.40. The van der Waals surface area contributed by atoms with Crippen LogP contribution in [0.4, 0.5) is 0 Å². The summed E-state index contributed by atoms with van der Waals surface area (Å²) >= 11 is 1.77. The second kappa shape index (κ2) is 4.21. The Labute approximate surface area is 115 Å². The van der Waals surface area contributed by atoms with E-state index in [0.29, 0.717) is 0 Å². The summed E-state index contributed by atoms with van der Waals surface area (Å²) in [6.07, 6.45) is 2.12. The van der Waals surface area contributed by atoms with Crippen molar-refractivity contribution in [3.05, 3.63) is 76.9 Å². The normalized spacial score (nSPS) is 13.4. The number of thiophene rings is 1. The average molecular weight is 264 g/mol. The lowest BCUT2D eigenvalue weighted by molar-refractivity contribution is 0.936. The molecule has 0 fully saturated rings. The smallest absolute Gasteiger partial charge is 0.109 e. The molecule has 0 atom stereocenters. The molecule has 4 rings (SSSR count). The monoisotopic (exact) mass is 264 g/mol. The molecule has 1 aliphatic heterocycles. The van der Waals surface area contributed by atoms with Crippen LogP contribution < -0.4 is 0 Å². The van der Waals surface area contributed by atoms with Crippen LogP contribution in [0.15, 0.2) is 65.1 Å². The Morgan fingerprint density at radius 2 is 1.89 bits per heavy atom. The first-order valence-electron chi connectivity index (χ1n) is 6.28. The largest absolute Gasteiger partial charge is 0.310 e. The highest BCUT2D eigenvalue weighted by Gasteiger charge is 2.18. The van der Waals surface area contributed by atoms with Crippen LogP contribution in [0.3, 0.4) is 0 Å². The van der Waals surface area contributed by atoms with Crippen molar-refractivity contribution in [1.29, 1.82) is 0 Å². The fourth-order valence-electron chi connectivity index (χ4n) is 2.50. The van der Waals surface area contributed by atoms with Crippen LogP contribution in [0, 0.1) is 0 Å². The molecule has 0 aliphatic carbocycles. The van der Waals surface area contributed by atoms with Crippen molar-refractivity contribution in [2.45, 2.75) is 6.54 Å². The van der Waals surface area contributed by atoms with Crippen LogP contribution in [0.5, 0.6) is 0 Å². The zero-order valence-electron chi connectivity index (χ0n) is 10.3. The quantitative estimate of drug-likeness (QED) is 0.634. The Kier molecular flexibility index (Phi) is 2.38. The van der Waals surface area contributed by atoms with E-state index < -0.39 is 0 Å². The molecule has 0 unspecified atom stereocenters. The molecule has 0 spiro atoms. The molecule has 0 amide bonds. The first-order chi connectivity index (χ1) is 9.43. The maximum Gasteiger partial charge on any atom is 0.109 e. The predicted molar refractivity (Wildman–Crippen MR) is 79.4 cm³/mol. The fourth-order valence-corrected chi connectivity index (χ4v) is 3.42. The molecule has 2 aromatic heterocycles. The van der Waals surface area contributed by atoms with Gasteiger partial charge in [0.15, 0.2) is 0 Å². The minimum absolute atomic E-state index is 0.735. The van der Waals surface area contributed by atoms with Gasteiger partial charge in [-0.2, -0.15) is 0 Å². The zero-order valence-corrected chi connectivity index (χ0v) is 11.1. The lowest BCUT2D eigenvalue weighted by Crippen LogP contribution is -2.03. The van der Waals surface area contributed by atoms with E-state index in [9.17, 15) is 0 Å². The van der Waals surface area contributed by atoms with Gasteiger partial charge >= 0.3 is 0 Å². The van der Waals surface area contributed by atoms with Gasteiger partial charge in [0.25, 0.3) is 0 Å². The van der Waals surface area contributed by atoms with Crippen LogP contribution in [0.2, 0.25) is 0 Å². The first kappa shape index (κ1) is 10.8. The molecule has 3 heterocycles. The molecule has 1 aliphatic rings. The number of hydrogen-bond acceptors (Lipinski definition) is 2. The van der Waals surface area contributed by atoms with Crippen molar-refractivity contribution in [2.24, 2.45) is 4.99 Å². The lowest BCUT2D eigenvalue weighted by atomic mass is 10.0. The molecule has 1 aromatic carbocycles. The number of nitrogens with zero attached hydrogens (tertiary/aromatic N) is 2. The Bertz CT molecular complexity index is 750. The van der Waals surface area contributed by atoms with Gasteiger partial charge in [-0.1, -0.05) is 30.3 Å². The summed E-state index contributed by atoms with van der Waals surface area (Å²) in [6.45, 7) is 0.735. The summed E-state index contributed by atoms with van der Waals surface area (Å²) in [6, 6.07) is 16.8. The van der Waals surface area contributed by atoms with E-state index in [-0.39, 0.29) is 0 Å². The van der Waals surface area contributed by atoms with Crippen molar-refractivity contribution in [2.75, 3.05) is 0 Å². The third kappa shape index (κ3) is 1.66. The molecular weight excluding hydrogens is 252 g/mol. The zero-order chi connectivity index (χ0) is 12.7. The minimum Gasteiger partial charge on any atom is -0.310 e. The van der Waals surface area contributed by atoms with E-state index in [1.807, 2.05) is 6.07 Å². The molecule has 3 aromatic rings. The maximum absolute atomic E-state index is 4.82. The van der Waals surface area contributed by atoms with Gasteiger partial charge < -0.3 is 4.57 Å². The summed E-state index contributed by atoms with van der Waals surface area (Å²) in [4.78, 5) is 4.82. The average Bonchev–Trinajstić information content (AvgIpc) is 3.07.